The van der Waals surface area contributed by atoms with Gasteiger partial charge in [-0.25, -0.2) is 0 Å². The number of rotatable bonds is 6. The van der Waals surface area contributed by atoms with Crippen molar-refractivity contribution in [3.05, 3.63) is 28.2 Å². The zero-order valence-electron chi connectivity index (χ0n) is 9.70. The van der Waals surface area contributed by atoms with E-state index < -0.39 is 0 Å². The van der Waals surface area contributed by atoms with Gasteiger partial charge in [-0.15, -0.1) is 0 Å². The molecule has 0 aliphatic rings. The van der Waals surface area contributed by atoms with Gasteiger partial charge in [0.15, 0.2) is 0 Å². The molecule has 0 atom stereocenters. The highest BCUT2D eigenvalue weighted by Gasteiger charge is 2.00. The van der Waals surface area contributed by atoms with Gasteiger partial charge in [0.1, 0.15) is 12.4 Å². The first kappa shape index (κ1) is 13.5. The van der Waals surface area contributed by atoms with Crippen LogP contribution in [-0.2, 0) is 11.3 Å². The maximum atomic E-state index is 5.58. The van der Waals surface area contributed by atoms with Crippen LogP contribution in [0, 0.1) is 0 Å². The van der Waals surface area contributed by atoms with Gasteiger partial charge in [0.25, 0.3) is 0 Å². The van der Waals surface area contributed by atoms with Crippen LogP contribution in [0.5, 0.6) is 5.75 Å². The fraction of sp³-hybridized carbons (Fsp3) is 0.500. The summed E-state index contributed by atoms with van der Waals surface area (Å²) in [5.41, 5.74) is 6.63. The van der Waals surface area contributed by atoms with Gasteiger partial charge >= 0.3 is 0 Å². The molecule has 0 spiro atoms. The Morgan fingerprint density at radius 2 is 2.00 bits per heavy atom. The quantitative estimate of drug-likeness (QED) is 0.819. The summed E-state index contributed by atoms with van der Waals surface area (Å²) in [6.45, 7) is 5.68. The lowest BCUT2D eigenvalue weighted by Gasteiger charge is -2.10. The molecule has 0 unspecified atom stereocenters. The molecule has 2 N–H and O–H groups in total. The molecule has 0 heterocycles. The smallest absolute Gasteiger partial charge is 0.120 e. The van der Waals surface area contributed by atoms with Crippen molar-refractivity contribution >= 4 is 15.9 Å². The zero-order chi connectivity index (χ0) is 12.0. The van der Waals surface area contributed by atoms with Gasteiger partial charge in [-0.2, -0.15) is 0 Å². The SMILES string of the molecule is CC(C)OCCOc1cc(Br)cc(CN)c1. The van der Waals surface area contributed by atoms with Crippen LogP contribution in [0.2, 0.25) is 0 Å². The van der Waals surface area contributed by atoms with Crippen LogP contribution >= 0.6 is 15.9 Å². The highest BCUT2D eigenvalue weighted by molar-refractivity contribution is 9.10. The van der Waals surface area contributed by atoms with Gasteiger partial charge in [-0.05, 0) is 37.6 Å². The first-order valence-corrected chi connectivity index (χ1v) is 6.15. The molecule has 0 radical (unpaired) electrons. The predicted octanol–water partition coefficient (Wildman–Crippen LogP) is 2.71. The summed E-state index contributed by atoms with van der Waals surface area (Å²) in [5.74, 6) is 0.821. The molecule has 0 saturated heterocycles. The minimum Gasteiger partial charge on any atom is -0.491 e. The molecular formula is C12H18BrNO2. The molecule has 1 aromatic carbocycles. The maximum absolute atomic E-state index is 5.58. The number of hydrogen-bond donors (Lipinski definition) is 1. The van der Waals surface area contributed by atoms with E-state index in [4.69, 9.17) is 15.2 Å². The Morgan fingerprint density at radius 1 is 1.25 bits per heavy atom. The fourth-order valence-electron chi connectivity index (χ4n) is 1.27. The summed E-state index contributed by atoms with van der Waals surface area (Å²) in [4.78, 5) is 0. The lowest BCUT2D eigenvalue weighted by Crippen LogP contribution is -2.11. The molecule has 0 bridgehead atoms. The van der Waals surface area contributed by atoms with E-state index in [1.54, 1.807) is 0 Å². The topological polar surface area (TPSA) is 44.5 Å². The third-order valence-electron chi connectivity index (χ3n) is 1.97. The minimum absolute atomic E-state index is 0.241. The van der Waals surface area contributed by atoms with E-state index in [-0.39, 0.29) is 6.10 Å². The summed E-state index contributed by atoms with van der Waals surface area (Å²) >= 11 is 3.42. The predicted molar refractivity (Wildman–Crippen MR) is 68.6 cm³/mol. The molecule has 0 aliphatic heterocycles. The molecule has 1 aromatic rings. The van der Waals surface area contributed by atoms with Crippen molar-refractivity contribution in [2.24, 2.45) is 5.73 Å². The number of halogens is 1. The van der Waals surface area contributed by atoms with E-state index in [9.17, 15) is 0 Å². The molecule has 0 fully saturated rings. The second-order valence-corrected chi connectivity index (χ2v) is 4.68. The molecule has 3 nitrogen and oxygen atoms in total. The molecule has 0 aliphatic carbocycles. The van der Waals surface area contributed by atoms with Crippen molar-refractivity contribution in [1.82, 2.24) is 0 Å². The van der Waals surface area contributed by atoms with Crippen LogP contribution in [-0.4, -0.2) is 19.3 Å². The number of benzene rings is 1. The van der Waals surface area contributed by atoms with Crippen LogP contribution in [0.25, 0.3) is 0 Å². The summed E-state index contributed by atoms with van der Waals surface area (Å²) in [7, 11) is 0. The van der Waals surface area contributed by atoms with Crippen molar-refractivity contribution in [1.29, 1.82) is 0 Å². The average Bonchev–Trinajstić information content (AvgIpc) is 2.23. The van der Waals surface area contributed by atoms with E-state index in [0.29, 0.717) is 19.8 Å². The van der Waals surface area contributed by atoms with Crippen molar-refractivity contribution in [2.75, 3.05) is 13.2 Å². The van der Waals surface area contributed by atoms with Crippen molar-refractivity contribution in [3.8, 4) is 5.75 Å². The van der Waals surface area contributed by atoms with E-state index in [0.717, 1.165) is 15.8 Å². The second-order valence-electron chi connectivity index (χ2n) is 3.77. The lowest BCUT2D eigenvalue weighted by atomic mass is 10.2. The van der Waals surface area contributed by atoms with Crippen LogP contribution in [0.1, 0.15) is 19.4 Å². The Balaban J connectivity index is 2.44. The van der Waals surface area contributed by atoms with Crippen LogP contribution in [0.3, 0.4) is 0 Å². The molecular weight excluding hydrogens is 270 g/mol. The van der Waals surface area contributed by atoms with Gasteiger partial charge < -0.3 is 15.2 Å². The minimum atomic E-state index is 0.241. The van der Waals surface area contributed by atoms with Crippen LogP contribution in [0.15, 0.2) is 22.7 Å². The first-order valence-electron chi connectivity index (χ1n) is 5.35. The first-order chi connectivity index (χ1) is 7.61. The summed E-state index contributed by atoms with van der Waals surface area (Å²) in [6.07, 6.45) is 0.241. The number of nitrogens with two attached hydrogens (primary N) is 1. The Kier molecular flexibility index (Phi) is 5.80. The molecule has 1 rings (SSSR count). The van der Waals surface area contributed by atoms with Crippen molar-refractivity contribution < 1.29 is 9.47 Å². The largest absolute Gasteiger partial charge is 0.491 e. The molecule has 0 aromatic heterocycles. The Hall–Kier alpha value is -0.580. The van der Waals surface area contributed by atoms with E-state index in [1.807, 2.05) is 32.0 Å². The fourth-order valence-corrected chi connectivity index (χ4v) is 1.78. The van der Waals surface area contributed by atoms with Gasteiger partial charge in [0.05, 0.1) is 12.7 Å². The zero-order valence-corrected chi connectivity index (χ0v) is 11.3. The monoisotopic (exact) mass is 287 g/mol. The molecule has 0 saturated carbocycles. The highest BCUT2D eigenvalue weighted by atomic mass is 79.9. The average molecular weight is 288 g/mol. The molecule has 0 amide bonds. The summed E-state index contributed by atoms with van der Waals surface area (Å²) < 4.78 is 11.9. The number of hydrogen-bond acceptors (Lipinski definition) is 3. The van der Waals surface area contributed by atoms with Gasteiger partial charge in [0.2, 0.25) is 0 Å². The molecule has 90 valence electrons. The molecule has 16 heavy (non-hydrogen) atoms. The van der Waals surface area contributed by atoms with E-state index in [2.05, 4.69) is 15.9 Å². The van der Waals surface area contributed by atoms with Crippen molar-refractivity contribution in [2.45, 2.75) is 26.5 Å². The standard InChI is InChI=1S/C12H18BrNO2/c1-9(2)15-3-4-16-12-6-10(8-14)5-11(13)7-12/h5-7,9H,3-4,8,14H2,1-2H3. The van der Waals surface area contributed by atoms with Gasteiger partial charge in [0, 0.05) is 11.0 Å². The highest BCUT2D eigenvalue weighted by Crippen LogP contribution is 2.21. The Morgan fingerprint density at radius 3 is 2.62 bits per heavy atom. The maximum Gasteiger partial charge on any atom is 0.120 e. The normalized spacial score (nSPS) is 10.8. The lowest BCUT2D eigenvalue weighted by molar-refractivity contribution is 0.0552. The Bertz CT molecular complexity index is 329. The summed E-state index contributed by atoms with van der Waals surface area (Å²) in [6, 6.07) is 5.85. The molecule has 4 heteroatoms. The van der Waals surface area contributed by atoms with Gasteiger partial charge in [-0.1, -0.05) is 15.9 Å². The summed E-state index contributed by atoms with van der Waals surface area (Å²) in [5, 5.41) is 0. The Labute approximate surface area is 105 Å². The van der Waals surface area contributed by atoms with Crippen molar-refractivity contribution in [3.63, 3.8) is 0 Å². The van der Waals surface area contributed by atoms with Crippen LogP contribution < -0.4 is 10.5 Å². The second kappa shape index (κ2) is 6.89. The van der Waals surface area contributed by atoms with Gasteiger partial charge in [-0.3, -0.25) is 0 Å². The van der Waals surface area contributed by atoms with E-state index >= 15 is 0 Å². The number of ether oxygens (including phenoxy) is 2. The third-order valence-corrected chi connectivity index (χ3v) is 2.43. The van der Waals surface area contributed by atoms with Crippen LogP contribution in [0.4, 0.5) is 0 Å². The van der Waals surface area contributed by atoms with E-state index in [1.165, 1.54) is 0 Å². The third kappa shape index (κ3) is 4.96.